The predicted octanol–water partition coefficient (Wildman–Crippen LogP) is 2.76. The number of piperidine rings is 1. The highest BCUT2D eigenvalue weighted by atomic mass is 16.5. The van der Waals surface area contributed by atoms with E-state index in [4.69, 9.17) is 4.74 Å². The third kappa shape index (κ3) is 1.86. The zero-order valence-electron chi connectivity index (χ0n) is 15.0. The van der Waals surface area contributed by atoms with E-state index in [0.717, 1.165) is 24.9 Å². The molecule has 0 radical (unpaired) electrons. The first-order chi connectivity index (χ1) is 11.4. The van der Waals surface area contributed by atoms with Crippen LogP contribution in [0.5, 0.6) is 11.5 Å². The largest absolute Gasteiger partial charge is 0.504 e. The number of phenolic OH excluding ortho intramolecular Hbond substituents is 1. The normalized spacial score (nSPS) is 38.4. The molecule has 1 saturated heterocycles. The van der Waals surface area contributed by atoms with Crippen molar-refractivity contribution in [2.45, 2.75) is 44.6 Å². The minimum atomic E-state index is -0.230. The van der Waals surface area contributed by atoms with Crippen LogP contribution in [0.3, 0.4) is 0 Å². The van der Waals surface area contributed by atoms with Gasteiger partial charge in [0.25, 0.3) is 0 Å². The maximum atomic E-state index is 12.8. The Labute approximate surface area is 143 Å². The molecule has 0 spiro atoms. The molecule has 3 aliphatic rings. The number of hydrogen-bond acceptors (Lipinski definition) is 4. The topological polar surface area (TPSA) is 49.8 Å². The molecule has 2 aliphatic carbocycles. The molecular formula is C20H27NO3. The van der Waals surface area contributed by atoms with Crippen LogP contribution in [0.2, 0.25) is 0 Å². The van der Waals surface area contributed by atoms with E-state index in [1.165, 1.54) is 5.56 Å². The molecule has 130 valence electrons. The first kappa shape index (κ1) is 15.9. The number of likely N-dealkylation sites (N-methyl/N-ethyl adjacent to an activating group) is 1. The predicted molar refractivity (Wildman–Crippen MR) is 92.5 cm³/mol. The average Bonchev–Trinajstić information content (AvgIpc) is 2.56. The monoisotopic (exact) mass is 329 g/mol. The lowest BCUT2D eigenvalue weighted by Crippen LogP contribution is -2.64. The van der Waals surface area contributed by atoms with E-state index < -0.39 is 0 Å². The number of aromatic hydroxyl groups is 1. The number of nitrogens with zero attached hydrogens (tertiary/aromatic N) is 1. The summed E-state index contributed by atoms with van der Waals surface area (Å²) in [5.74, 6) is 1.98. The van der Waals surface area contributed by atoms with Crippen molar-refractivity contribution in [2.24, 2.45) is 17.8 Å². The Morgan fingerprint density at radius 2 is 2.08 bits per heavy atom. The molecule has 1 N–H and O–H groups in total. The van der Waals surface area contributed by atoms with Crippen LogP contribution in [-0.4, -0.2) is 42.5 Å². The van der Waals surface area contributed by atoms with Gasteiger partial charge in [-0.2, -0.15) is 0 Å². The maximum Gasteiger partial charge on any atom is 0.161 e. The first-order valence-electron chi connectivity index (χ1n) is 9.03. The number of methoxy groups -OCH3 is 1. The minimum absolute atomic E-state index is 0.103. The van der Waals surface area contributed by atoms with Gasteiger partial charge in [0.15, 0.2) is 11.5 Å². The number of fused-ring (bicyclic) bond motifs is 1. The number of Topliss-reactive ketones (excluding diaryl/α,β-unsaturated/α-hetero) is 1. The quantitative estimate of drug-likeness (QED) is 0.861. The molecule has 1 aliphatic heterocycles. The summed E-state index contributed by atoms with van der Waals surface area (Å²) in [4.78, 5) is 15.2. The van der Waals surface area contributed by atoms with Crippen molar-refractivity contribution >= 4 is 5.78 Å². The maximum absolute atomic E-state index is 12.8. The lowest BCUT2D eigenvalue weighted by Gasteiger charge is -2.61. The number of rotatable bonds is 1. The summed E-state index contributed by atoms with van der Waals surface area (Å²) < 4.78 is 5.38. The zero-order valence-corrected chi connectivity index (χ0v) is 15.0. The fraction of sp³-hybridized carbons (Fsp3) is 0.650. The number of ketones is 1. The third-order valence-electron chi connectivity index (χ3n) is 7.26. The number of phenols is 1. The smallest absolute Gasteiger partial charge is 0.161 e. The van der Waals surface area contributed by atoms with Gasteiger partial charge in [-0.15, -0.1) is 0 Å². The van der Waals surface area contributed by atoms with E-state index in [2.05, 4.69) is 31.9 Å². The minimum Gasteiger partial charge on any atom is -0.504 e. The Hall–Kier alpha value is -1.55. The summed E-state index contributed by atoms with van der Waals surface area (Å²) in [7, 11) is 3.80. The molecule has 4 nitrogen and oxygen atoms in total. The van der Waals surface area contributed by atoms with Crippen LogP contribution in [-0.2, 0) is 16.6 Å². The standard InChI is InChI=1S/C20H27NO3/c1-11-12(2)17-14-9-13-5-6-16(24-4)19(23)18(13)20(17,10-15(11)22)7-8-21(14)3/h5-6,11-12,14,17,23H,7-10H2,1-4H3/t11-,12-,14+,17-,20-/m0/s1. The van der Waals surface area contributed by atoms with E-state index >= 15 is 0 Å². The number of likely N-dealkylation sites (tertiary alicyclic amines) is 1. The van der Waals surface area contributed by atoms with E-state index in [1.807, 2.05) is 6.07 Å². The molecule has 0 aromatic heterocycles. The summed E-state index contributed by atoms with van der Waals surface area (Å²) in [6.45, 7) is 5.29. The van der Waals surface area contributed by atoms with Gasteiger partial charge in [0.2, 0.25) is 0 Å². The Morgan fingerprint density at radius 1 is 1.33 bits per heavy atom. The van der Waals surface area contributed by atoms with Gasteiger partial charge in [-0.25, -0.2) is 0 Å². The van der Waals surface area contributed by atoms with Gasteiger partial charge in [-0.1, -0.05) is 19.9 Å². The van der Waals surface area contributed by atoms with Gasteiger partial charge in [-0.05, 0) is 49.9 Å². The molecule has 4 rings (SSSR count). The van der Waals surface area contributed by atoms with E-state index in [0.29, 0.717) is 35.8 Å². The van der Waals surface area contributed by atoms with E-state index in [-0.39, 0.29) is 17.1 Å². The summed E-state index contributed by atoms with van der Waals surface area (Å²) in [6.07, 6.45) is 2.43. The Kier molecular flexibility index (Phi) is 3.47. The van der Waals surface area contributed by atoms with Crippen LogP contribution in [0.1, 0.15) is 37.8 Å². The van der Waals surface area contributed by atoms with Crippen LogP contribution < -0.4 is 4.74 Å². The van der Waals surface area contributed by atoms with Crippen molar-refractivity contribution in [3.05, 3.63) is 23.3 Å². The molecule has 2 fully saturated rings. The average molecular weight is 329 g/mol. The van der Waals surface area contributed by atoms with Crippen molar-refractivity contribution in [3.63, 3.8) is 0 Å². The van der Waals surface area contributed by atoms with Crippen molar-refractivity contribution in [3.8, 4) is 11.5 Å². The fourth-order valence-electron chi connectivity index (χ4n) is 5.88. The van der Waals surface area contributed by atoms with Crippen LogP contribution >= 0.6 is 0 Å². The van der Waals surface area contributed by atoms with E-state index in [9.17, 15) is 9.90 Å². The Balaban J connectivity index is 1.97. The number of carbonyl (C=O) groups is 1. The number of carbonyl (C=O) groups excluding carboxylic acids is 1. The molecule has 5 atom stereocenters. The number of hydrogen-bond donors (Lipinski definition) is 1. The highest BCUT2D eigenvalue weighted by molar-refractivity contribution is 5.84. The Morgan fingerprint density at radius 3 is 2.79 bits per heavy atom. The van der Waals surface area contributed by atoms with Crippen molar-refractivity contribution < 1.29 is 14.6 Å². The number of benzene rings is 1. The van der Waals surface area contributed by atoms with Crippen molar-refractivity contribution in [2.75, 3.05) is 20.7 Å². The van der Waals surface area contributed by atoms with Crippen LogP contribution in [0.15, 0.2) is 12.1 Å². The van der Waals surface area contributed by atoms with Gasteiger partial charge in [0, 0.05) is 29.4 Å². The highest BCUT2D eigenvalue weighted by Crippen LogP contribution is 2.60. The molecule has 1 saturated carbocycles. The second kappa shape index (κ2) is 5.22. The summed E-state index contributed by atoms with van der Waals surface area (Å²) >= 11 is 0. The molecule has 24 heavy (non-hydrogen) atoms. The lowest BCUT2D eigenvalue weighted by molar-refractivity contribution is -0.137. The second-order valence-corrected chi connectivity index (χ2v) is 8.13. The van der Waals surface area contributed by atoms with Crippen molar-refractivity contribution in [1.82, 2.24) is 4.90 Å². The molecular weight excluding hydrogens is 302 g/mol. The summed E-state index contributed by atoms with van der Waals surface area (Å²) in [5, 5.41) is 10.9. The van der Waals surface area contributed by atoms with E-state index in [1.54, 1.807) is 7.11 Å². The highest BCUT2D eigenvalue weighted by Gasteiger charge is 2.60. The zero-order chi connectivity index (χ0) is 17.2. The Bertz CT molecular complexity index is 700. The van der Waals surface area contributed by atoms with Gasteiger partial charge < -0.3 is 14.7 Å². The molecule has 1 heterocycles. The van der Waals surface area contributed by atoms with Gasteiger partial charge in [0.1, 0.15) is 5.78 Å². The van der Waals surface area contributed by atoms with Gasteiger partial charge >= 0.3 is 0 Å². The summed E-state index contributed by atoms with van der Waals surface area (Å²) in [5.41, 5.74) is 1.96. The molecule has 0 unspecified atom stereocenters. The van der Waals surface area contributed by atoms with Crippen LogP contribution in [0.4, 0.5) is 0 Å². The molecule has 1 aromatic carbocycles. The molecule has 1 aromatic rings. The second-order valence-electron chi connectivity index (χ2n) is 8.13. The first-order valence-corrected chi connectivity index (χ1v) is 9.03. The SMILES string of the molecule is COc1ccc2c(c1O)[C@]13CCN(C)[C@H](C2)[C@@H]1[C@@H](C)[C@H](C)C(=O)C3. The van der Waals surface area contributed by atoms with Crippen LogP contribution in [0.25, 0.3) is 0 Å². The lowest BCUT2D eigenvalue weighted by atomic mass is 9.47. The van der Waals surface area contributed by atoms with Gasteiger partial charge in [0.05, 0.1) is 7.11 Å². The molecule has 4 heteroatoms. The van der Waals surface area contributed by atoms with Crippen LogP contribution in [0, 0.1) is 17.8 Å². The summed E-state index contributed by atoms with van der Waals surface area (Å²) in [6, 6.07) is 4.40. The van der Waals surface area contributed by atoms with Crippen molar-refractivity contribution in [1.29, 1.82) is 0 Å². The molecule has 0 amide bonds. The third-order valence-corrected chi connectivity index (χ3v) is 7.26. The number of ether oxygens (including phenoxy) is 1. The van der Waals surface area contributed by atoms with Gasteiger partial charge in [-0.3, -0.25) is 4.79 Å². The fourth-order valence-corrected chi connectivity index (χ4v) is 5.88. The molecule has 2 bridgehead atoms.